The van der Waals surface area contributed by atoms with Crippen molar-refractivity contribution in [1.82, 2.24) is 5.01 Å². The topological polar surface area (TPSA) is 121 Å². The van der Waals surface area contributed by atoms with Crippen LogP contribution in [0.15, 0.2) is 64.2 Å². The fourth-order valence-electron chi connectivity index (χ4n) is 3.35. The first-order chi connectivity index (χ1) is 16.7. The fraction of sp³-hybridized carbons (Fsp3) is 0.250. The average molecular weight is 513 g/mol. The van der Waals surface area contributed by atoms with E-state index in [0.717, 1.165) is 22.3 Å². The normalized spacial score (nSPS) is 17.7. The van der Waals surface area contributed by atoms with E-state index in [1.165, 1.54) is 13.0 Å². The smallest absolute Gasteiger partial charge is 0.283 e. The van der Waals surface area contributed by atoms with Gasteiger partial charge in [-0.05, 0) is 54.9 Å². The number of carbonyl (C=O) groups excluding carboxylic acids is 1. The van der Waals surface area contributed by atoms with Crippen molar-refractivity contribution >= 4 is 49.0 Å². The number of hydrogen-bond donors (Lipinski definition) is 1. The average Bonchev–Trinajstić information content (AvgIpc) is 3.29. The molecule has 182 valence electrons. The van der Waals surface area contributed by atoms with Crippen LogP contribution in [0.25, 0.3) is 6.08 Å². The Balaban J connectivity index is 1.62. The van der Waals surface area contributed by atoms with Crippen LogP contribution in [0.2, 0.25) is 0 Å². The molecule has 0 saturated heterocycles. The highest BCUT2D eigenvalue weighted by Gasteiger charge is 2.39. The van der Waals surface area contributed by atoms with E-state index in [1.54, 1.807) is 18.2 Å². The zero-order valence-electron chi connectivity index (χ0n) is 19.4. The van der Waals surface area contributed by atoms with Crippen LogP contribution < -0.4 is 9.47 Å². The third-order valence-electron chi connectivity index (χ3n) is 5.23. The number of ether oxygens (including phenoxy) is 2. The highest BCUT2D eigenvalue weighted by molar-refractivity contribution is 8.42. The maximum absolute atomic E-state index is 12.7. The molecule has 1 atom stereocenters. The van der Waals surface area contributed by atoms with Gasteiger partial charge in [-0.15, -0.1) is 5.10 Å². The van der Waals surface area contributed by atoms with E-state index < -0.39 is 15.7 Å². The largest absolute Gasteiger partial charge is 0.490 e. The number of rotatable bonds is 7. The van der Waals surface area contributed by atoms with Gasteiger partial charge in [-0.3, -0.25) is 10.2 Å². The summed E-state index contributed by atoms with van der Waals surface area (Å²) in [7, 11) is -3.59. The minimum atomic E-state index is -3.59. The Bertz CT molecular complexity index is 1370. The quantitative estimate of drug-likeness (QED) is 0.551. The number of nitrogens with one attached hydrogen (secondary N) is 1. The Morgan fingerprint density at radius 1 is 1.14 bits per heavy atom. The predicted octanol–water partition coefficient (Wildman–Crippen LogP) is 4.24. The first-order valence-electron chi connectivity index (χ1n) is 10.9. The summed E-state index contributed by atoms with van der Waals surface area (Å²) in [6.07, 6.45) is 1.30. The van der Waals surface area contributed by atoms with Gasteiger partial charge in [0.2, 0.25) is 19.4 Å². The molecule has 2 aliphatic heterocycles. The molecule has 11 heteroatoms. The van der Waals surface area contributed by atoms with Gasteiger partial charge >= 0.3 is 0 Å². The van der Waals surface area contributed by atoms with E-state index in [-0.39, 0.29) is 32.8 Å². The molecule has 2 aromatic carbocycles. The van der Waals surface area contributed by atoms with Crippen molar-refractivity contribution in [1.29, 1.82) is 5.41 Å². The standard InChI is InChI=1S/C24H24N4O5S2/c1-4-32-20-14-16(11-12-19(20)33-15(3)17-9-7-6-8-10-17)13-18-21(25)28-23(26-22(18)29)34-24(27-28)35(30,31)5-2/h6-15,25H,4-5H2,1-3H3/b18-13+,25-21?/t15-/m0/s1. The van der Waals surface area contributed by atoms with Gasteiger partial charge in [0.1, 0.15) is 6.10 Å². The van der Waals surface area contributed by atoms with Crippen molar-refractivity contribution in [3.05, 3.63) is 65.2 Å². The summed E-state index contributed by atoms with van der Waals surface area (Å²) in [5.74, 6) is 0.0155. The van der Waals surface area contributed by atoms with Gasteiger partial charge in [0.25, 0.3) is 5.91 Å². The number of thioether (sulfide) groups is 1. The van der Waals surface area contributed by atoms with Gasteiger partial charge in [0, 0.05) is 0 Å². The number of amidine groups is 2. The molecule has 2 aliphatic rings. The van der Waals surface area contributed by atoms with Crippen molar-refractivity contribution in [2.24, 2.45) is 10.1 Å². The number of amides is 1. The number of fused-ring (bicyclic) bond motifs is 1. The van der Waals surface area contributed by atoms with Crippen LogP contribution in [-0.4, -0.2) is 47.1 Å². The fourth-order valence-corrected chi connectivity index (χ4v) is 5.52. The Hall–Kier alpha value is -3.44. The molecule has 0 saturated carbocycles. The second-order valence-corrected chi connectivity index (χ2v) is 11.0. The Labute approximate surface area is 208 Å². The summed E-state index contributed by atoms with van der Waals surface area (Å²) in [5.41, 5.74) is 1.60. The second kappa shape index (κ2) is 10.0. The van der Waals surface area contributed by atoms with E-state index in [4.69, 9.17) is 14.9 Å². The molecular formula is C24H24N4O5S2. The second-order valence-electron chi connectivity index (χ2n) is 7.60. The van der Waals surface area contributed by atoms with E-state index in [1.807, 2.05) is 44.2 Å². The molecule has 1 N–H and O–H groups in total. The molecule has 2 heterocycles. The molecule has 9 nitrogen and oxygen atoms in total. The maximum Gasteiger partial charge on any atom is 0.283 e. The van der Waals surface area contributed by atoms with Crippen LogP contribution in [0.1, 0.15) is 38.0 Å². The number of hydrogen-bond acceptors (Lipinski definition) is 8. The molecular weight excluding hydrogens is 488 g/mol. The lowest BCUT2D eigenvalue weighted by atomic mass is 10.1. The summed E-state index contributed by atoms with van der Waals surface area (Å²) >= 11 is 0.769. The van der Waals surface area contributed by atoms with Crippen LogP contribution in [0, 0.1) is 5.41 Å². The van der Waals surface area contributed by atoms with Gasteiger partial charge in [-0.25, -0.2) is 8.42 Å². The molecule has 0 fully saturated rings. The number of carbonyl (C=O) groups is 1. The molecule has 2 aromatic rings. The molecule has 0 bridgehead atoms. The lowest BCUT2D eigenvalue weighted by Gasteiger charge is -2.20. The van der Waals surface area contributed by atoms with Gasteiger partial charge < -0.3 is 9.47 Å². The lowest BCUT2D eigenvalue weighted by molar-refractivity contribution is -0.114. The molecule has 4 rings (SSSR count). The van der Waals surface area contributed by atoms with Gasteiger partial charge in [-0.1, -0.05) is 43.3 Å². The van der Waals surface area contributed by atoms with Crippen molar-refractivity contribution in [3.63, 3.8) is 0 Å². The van der Waals surface area contributed by atoms with Crippen LogP contribution in [0.5, 0.6) is 11.5 Å². The number of benzene rings is 2. The number of aliphatic imine (C=N–C) groups is 1. The van der Waals surface area contributed by atoms with Crippen LogP contribution in [0.3, 0.4) is 0 Å². The molecule has 0 unspecified atom stereocenters. The Morgan fingerprint density at radius 3 is 2.57 bits per heavy atom. The lowest BCUT2D eigenvalue weighted by Crippen LogP contribution is -2.35. The first-order valence-corrected chi connectivity index (χ1v) is 13.4. The summed E-state index contributed by atoms with van der Waals surface area (Å²) in [6.45, 7) is 5.72. The molecule has 0 spiro atoms. The number of sulfone groups is 1. The van der Waals surface area contributed by atoms with Crippen LogP contribution in [0.4, 0.5) is 0 Å². The highest BCUT2D eigenvalue weighted by atomic mass is 32.3. The molecule has 35 heavy (non-hydrogen) atoms. The number of hydrazone groups is 1. The van der Waals surface area contributed by atoms with Gasteiger partial charge in [0.15, 0.2) is 17.3 Å². The third-order valence-corrected chi connectivity index (χ3v) is 8.32. The maximum atomic E-state index is 12.7. The molecule has 0 aliphatic carbocycles. The number of nitrogens with zero attached hydrogens (tertiary/aromatic N) is 3. The molecule has 0 radical (unpaired) electrons. The Morgan fingerprint density at radius 2 is 1.89 bits per heavy atom. The minimum absolute atomic E-state index is 0.0120. The van der Waals surface area contributed by atoms with E-state index in [9.17, 15) is 13.2 Å². The van der Waals surface area contributed by atoms with Crippen molar-refractivity contribution in [2.45, 2.75) is 26.9 Å². The van der Waals surface area contributed by atoms with Crippen molar-refractivity contribution < 1.29 is 22.7 Å². The predicted molar refractivity (Wildman–Crippen MR) is 138 cm³/mol. The third kappa shape index (κ3) is 5.15. The molecule has 0 aromatic heterocycles. The van der Waals surface area contributed by atoms with Crippen LogP contribution in [-0.2, 0) is 14.6 Å². The monoisotopic (exact) mass is 512 g/mol. The zero-order valence-corrected chi connectivity index (χ0v) is 21.0. The SMILES string of the molecule is CCOc1cc(/C=C2\C(=N)N3N=C(S(=O)(=O)CC)SC3=NC2=O)ccc1O[C@@H](C)c1ccccc1. The Kier molecular flexibility index (Phi) is 7.08. The first kappa shape index (κ1) is 24.7. The van der Waals surface area contributed by atoms with Crippen molar-refractivity contribution in [3.8, 4) is 11.5 Å². The van der Waals surface area contributed by atoms with E-state index in [2.05, 4.69) is 10.1 Å². The van der Waals surface area contributed by atoms with E-state index >= 15 is 0 Å². The summed E-state index contributed by atoms with van der Waals surface area (Å²) in [4.78, 5) is 16.6. The van der Waals surface area contributed by atoms with Crippen LogP contribution >= 0.6 is 11.8 Å². The van der Waals surface area contributed by atoms with Crippen molar-refractivity contribution in [2.75, 3.05) is 12.4 Å². The van der Waals surface area contributed by atoms with Gasteiger partial charge in [-0.2, -0.15) is 10.0 Å². The van der Waals surface area contributed by atoms with E-state index in [0.29, 0.717) is 23.7 Å². The summed E-state index contributed by atoms with van der Waals surface area (Å²) in [5, 5.41) is 13.6. The van der Waals surface area contributed by atoms with Gasteiger partial charge in [0.05, 0.1) is 17.9 Å². The summed E-state index contributed by atoms with van der Waals surface area (Å²) < 4.78 is 36.1. The molecule has 1 amide bonds. The summed E-state index contributed by atoms with van der Waals surface area (Å²) in [6, 6.07) is 15.0. The highest BCUT2D eigenvalue weighted by Crippen LogP contribution is 2.34. The zero-order chi connectivity index (χ0) is 25.2. The minimum Gasteiger partial charge on any atom is -0.490 e.